The summed E-state index contributed by atoms with van der Waals surface area (Å²) in [7, 11) is 1.64. The van der Waals surface area contributed by atoms with Crippen molar-refractivity contribution in [3.05, 3.63) is 18.3 Å². The predicted octanol–water partition coefficient (Wildman–Crippen LogP) is 1.24. The Morgan fingerprint density at radius 3 is 2.87 bits per heavy atom. The molecule has 4 nitrogen and oxygen atoms in total. The zero-order valence-corrected chi connectivity index (χ0v) is 8.94. The highest BCUT2D eigenvalue weighted by Crippen LogP contribution is 2.25. The number of nitrogens with zero attached hydrogens (tertiary/aromatic N) is 1. The SMILES string of the molecule is COc1ccc(NCC2CC(N)C2)nc1. The van der Waals surface area contributed by atoms with Gasteiger partial charge in [-0.25, -0.2) is 4.98 Å². The van der Waals surface area contributed by atoms with Crippen molar-refractivity contribution in [1.82, 2.24) is 4.98 Å². The van der Waals surface area contributed by atoms with Gasteiger partial charge in [-0.15, -0.1) is 0 Å². The monoisotopic (exact) mass is 207 g/mol. The van der Waals surface area contributed by atoms with Crippen LogP contribution in [0.4, 0.5) is 5.82 Å². The van der Waals surface area contributed by atoms with Crippen molar-refractivity contribution < 1.29 is 4.74 Å². The Morgan fingerprint density at radius 2 is 2.33 bits per heavy atom. The van der Waals surface area contributed by atoms with Gasteiger partial charge >= 0.3 is 0 Å². The van der Waals surface area contributed by atoms with Crippen molar-refractivity contribution in [2.75, 3.05) is 19.0 Å². The van der Waals surface area contributed by atoms with Gasteiger partial charge in [0, 0.05) is 12.6 Å². The van der Waals surface area contributed by atoms with Crippen LogP contribution < -0.4 is 15.8 Å². The van der Waals surface area contributed by atoms with E-state index in [1.54, 1.807) is 13.3 Å². The highest BCUT2D eigenvalue weighted by molar-refractivity contribution is 5.37. The number of anilines is 1. The highest BCUT2D eigenvalue weighted by atomic mass is 16.5. The molecule has 0 atom stereocenters. The minimum atomic E-state index is 0.417. The second-order valence-electron chi connectivity index (χ2n) is 4.06. The van der Waals surface area contributed by atoms with Gasteiger partial charge in [0.25, 0.3) is 0 Å². The second kappa shape index (κ2) is 4.49. The van der Waals surface area contributed by atoms with E-state index in [1.807, 2.05) is 12.1 Å². The Morgan fingerprint density at radius 1 is 1.53 bits per heavy atom. The highest BCUT2D eigenvalue weighted by Gasteiger charge is 2.25. The molecule has 0 radical (unpaired) electrons. The van der Waals surface area contributed by atoms with E-state index in [0.717, 1.165) is 31.0 Å². The first kappa shape index (κ1) is 10.2. The Bertz CT molecular complexity index is 306. The van der Waals surface area contributed by atoms with Gasteiger partial charge in [-0.1, -0.05) is 0 Å². The molecule has 1 aromatic heterocycles. The molecule has 1 heterocycles. The molecular weight excluding hydrogens is 190 g/mol. The normalized spacial score (nSPS) is 24.4. The largest absolute Gasteiger partial charge is 0.495 e. The lowest BCUT2D eigenvalue weighted by Crippen LogP contribution is -2.39. The Kier molecular flexibility index (Phi) is 3.06. The molecule has 0 aromatic carbocycles. The molecule has 1 fully saturated rings. The molecule has 0 saturated heterocycles. The van der Waals surface area contributed by atoms with Crippen molar-refractivity contribution >= 4 is 5.82 Å². The van der Waals surface area contributed by atoms with Crippen LogP contribution in [-0.4, -0.2) is 24.7 Å². The van der Waals surface area contributed by atoms with Crippen LogP contribution in [0.2, 0.25) is 0 Å². The molecule has 0 amide bonds. The molecule has 1 aromatic rings. The van der Waals surface area contributed by atoms with Gasteiger partial charge in [0.1, 0.15) is 11.6 Å². The summed E-state index contributed by atoms with van der Waals surface area (Å²) < 4.78 is 5.03. The molecule has 2 rings (SSSR count). The van der Waals surface area contributed by atoms with Crippen molar-refractivity contribution in [2.45, 2.75) is 18.9 Å². The Labute approximate surface area is 89.8 Å². The van der Waals surface area contributed by atoms with Crippen LogP contribution in [0.5, 0.6) is 5.75 Å². The molecule has 3 N–H and O–H groups in total. The van der Waals surface area contributed by atoms with Crippen LogP contribution in [0.15, 0.2) is 18.3 Å². The minimum Gasteiger partial charge on any atom is -0.495 e. The third-order valence-corrected chi connectivity index (χ3v) is 2.82. The van der Waals surface area contributed by atoms with E-state index in [0.29, 0.717) is 12.0 Å². The van der Waals surface area contributed by atoms with Gasteiger partial charge in [0.15, 0.2) is 0 Å². The Balaban J connectivity index is 1.78. The summed E-state index contributed by atoms with van der Waals surface area (Å²) in [5.41, 5.74) is 5.72. The summed E-state index contributed by atoms with van der Waals surface area (Å²) >= 11 is 0. The number of aromatic nitrogens is 1. The number of methoxy groups -OCH3 is 1. The topological polar surface area (TPSA) is 60.2 Å². The molecule has 15 heavy (non-hydrogen) atoms. The predicted molar refractivity (Wildman–Crippen MR) is 60.0 cm³/mol. The number of pyridine rings is 1. The van der Waals surface area contributed by atoms with E-state index in [-0.39, 0.29) is 0 Å². The number of hydrogen-bond donors (Lipinski definition) is 2. The number of ether oxygens (including phenoxy) is 1. The molecule has 0 aliphatic heterocycles. The standard InChI is InChI=1S/C11H17N3O/c1-15-10-2-3-11(14-7-10)13-6-8-4-9(12)5-8/h2-3,7-9H,4-6,12H2,1H3,(H,13,14). The van der Waals surface area contributed by atoms with Crippen LogP contribution >= 0.6 is 0 Å². The first-order valence-corrected chi connectivity index (χ1v) is 5.27. The zero-order valence-electron chi connectivity index (χ0n) is 8.94. The Hall–Kier alpha value is -1.29. The molecular formula is C11H17N3O. The molecule has 0 bridgehead atoms. The van der Waals surface area contributed by atoms with Crippen molar-refractivity contribution in [3.63, 3.8) is 0 Å². The van der Waals surface area contributed by atoms with Gasteiger partial charge in [-0.05, 0) is 30.9 Å². The van der Waals surface area contributed by atoms with Gasteiger partial charge in [-0.3, -0.25) is 0 Å². The smallest absolute Gasteiger partial charge is 0.137 e. The van der Waals surface area contributed by atoms with E-state index in [1.165, 1.54) is 0 Å². The summed E-state index contributed by atoms with van der Waals surface area (Å²) in [4.78, 5) is 4.23. The first-order valence-electron chi connectivity index (χ1n) is 5.27. The summed E-state index contributed by atoms with van der Waals surface area (Å²) in [5.74, 6) is 2.39. The molecule has 0 spiro atoms. The lowest BCUT2D eigenvalue weighted by atomic mass is 9.81. The van der Waals surface area contributed by atoms with Crippen molar-refractivity contribution in [1.29, 1.82) is 0 Å². The number of nitrogens with one attached hydrogen (secondary N) is 1. The minimum absolute atomic E-state index is 0.417. The van der Waals surface area contributed by atoms with Gasteiger partial charge in [0.2, 0.25) is 0 Å². The van der Waals surface area contributed by atoms with E-state index >= 15 is 0 Å². The lowest BCUT2D eigenvalue weighted by molar-refractivity contribution is 0.280. The van der Waals surface area contributed by atoms with E-state index in [9.17, 15) is 0 Å². The van der Waals surface area contributed by atoms with Crippen molar-refractivity contribution in [3.8, 4) is 5.75 Å². The summed E-state index contributed by atoms with van der Waals surface area (Å²) in [6, 6.07) is 4.25. The second-order valence-corrected chi connectivity index (χ2v) is 4.06. The molecule has 1 aliphatic rings. The maximum absolute atomic E-state index is 5.72. The van der Waals surface area contributed by atoms with Gasteiger partial charge in [-0.2, -0.15) is 0 Å². The quantitative estimate of drug-likeness (QED) is 0.779. The van der Waals surface area contributed by atoms with Gasteiger partial charge < -0.3 is 15.8 Å². The summed E-state index contributed by atoms with van der Waals surface area (Å²) in [5, 5.41) is 3.30. The average molecular weight is 207 g/mol. The third kappa shape index (κ3) is 2.59. The average Bonchev–Trinajstić information content (AvgIpc) is 2.23. The summed E-state index contributed by atoms with van der Waals surface area (Å²) in [6.45, 7) is 0.965. The lowest BCUT2D eigenvalue weighted by Gasteiger charge is -2.32. The molecule has 1 saturated carbocycles. The summed E-state index contributed by atoms with van der Waals surface area (Å²) in [6.07, 6.45) is 3.97. The van der Waals surface area contributed by atoms with Crippen LogP contribution in [0.1, 0.15) is 12.8 Å². The molecule has 82 valence electrons. The van der Waals surface area contributed by atoms with E-state index < -0.39 is 0 Å². The molecule has 0 unspecified atom stereocenters. The first-order chi connectivity index (χ1) is 7.28. The van der Waals surface area contributed by atoms with Gasteiger partial charge in [0.05, 0.1) is 13.3 Å². The zero-order chi connectivity index (χ0) is 10.7. The van der Waals surface area contributed by atoms with Crippen LogP contribution in [0, 0.1) is 5.92 Å². The number of hydrogen-bond acceptors (Lipinski definition) is 4. The van der Waals surface area contributed by atoms with Crippen LogP contribution in [-0.2, 0) is 0 Å². The number of rotatable bonds is 4. The van der Waals surface area contributed by atoms with Crippen LogP contribution in [0.3, 0.4) is 0 Å². The third-order valence-electron chi connectivity index (χ3n) is 2.82. The molecule has 1 aliphatic carbocycles. The maximum Gasteiger partial charge on any atom is 0.137 e. The number of nitrogens with two attached hydrogens (primary N) is 1. The molecule has 4 heteroatoms. The fraction of sp³-hybridized carbons (Fsp3) is 0.545. The fourth-order valence-electron chi connectivity index (χ4n) is 1.81. The maximum atomic E-state index is 5.72. The van der Waals surface area contributed by atoms with Crippen LogP contribution in [0.25, 0.3) is 0 Å². The van der Waals surface area contributed by atoms with E-state index in [2.05, 4.69) is 10.3 Å². The van der Waals surface area contributed by atoms with Crippen molar-refractivity contribution in [2.24, 2.45) is 11.7 Å². The fourth-order valence-corrected chi connectivity index (χ4v) is 1.81. The van der Waals surface area contributed by atoms with E-state index in [4.69, 9.17) is 10.5 Å².